The molecule has 0 aromatic heterocycles. The molecule has 2 unspecified atom stereocenters. The Morgan fingerprint density at radius 1 is 1.38 bits per heavy atom. The third-order valence-corrected chi connectivity index (χ3v) is 4.23. The largest absolute Gasteiger partial charge is 0.371 e. The van der Waals surface area contributed by atoms with Crippen molar-refractivity contribution in [1.82, 2.24) is 0 Å². The third kappa shape index (κ3) is 1.10. The SMILES string of the molecule is Cc1cc2c3c(c1)N(C)C(C)C3CCC2=O. The van der Waals surface area contributed by atoms with E-state index >= 15 is 0 Å². The lowest BCUT2D eigenvalue weighted by molar-refractivity contribution is 0.0967. The molecule has 0 fully saturated rings. The van der Waals surface area contributed by atoms with Crippen LogP contribution in [0.25, 0.3) is 0 Å². The van der Waals surface area contributed by atoms with E-state index in [0.717, 1.165) is 18.4 Å². The first-order valence-corrected chi connectivity index (χ1v) is 6.00. The number of nitrogens with zero attached hydrogens (tertiary/aromatic N) is 1. The van der Waals surface area contributed by atoms with Gasteiger partial charge in [0.15, 0.2) is 5.78 Å². The highest BCUT2D eigenvalue weighted by Gasteiger charge is 2.39. The van der Waals surface area contributed by atoms with E-state index in [1.807, 2.05) is 0 Å². The number of anilines is 1. The average Bonchev–Trinajstić information content (AvgIpc) is 2.49. The van der Waals surface area contributed by atoms with Crippen LogP contribution in [0.1, 0.15) is 47.2 Å². The van der Waals surface area contributed by atoms with Crippen molar-refractivity contribution >= 4 is 11.5 Å². The third-order valence-electron chi connectivity index (χ3n) is 4.23. The van der Waals surface area contributed by atoms with Crippen LogP contribution in [0.2, 0.25) is 0 Å². The molecule has 2 atom stereocenters. The smallest absolute Gasteiger partial charge is 0.163 e. The van der Waals surface area contributed by atoms with Gasteiger partial charge in [-0.3, -0.25) is 4.79 Å². The van der Waals surface area contributed by atoms with E-state index in [2.05, 4.69) is 37.9 Å². The van der Waals surface area contributed by atoms with Gasteiger partial charge in [-0.2, -0.15) is 0 Å². The summed E-state index contributed by atoms with van der Waals surface area (Å²) in [5.74, 6) is 0.895. The van der Waals surface area contributed by atoms with Crippen molar-refractivity contribution in [1.29, 1.82) is 0 Å². The van der Waals surface area contributed by atoms with E-state index in [-0.39, 0.29) is 0 Å². The maximum absolute atomic E-state index is 12.0. The molecule has 0 radical (unpaired) electrons. The summed E-state index contributed by atoms with van der Waals surface area (Å²) < 4.78 is 0. The van der Waals surface area contributed by atoms with Crippen molar-refractivity contribution in [3.63, 3.8) is 0 Å². The van der Waals surface area contributed by atoms with Crippen LogP contribution in [-0.2, 0) is 0 Å². The Bertz CT molecular complexity index is 478. The average molecular weight is 215 g/mol. The molecule has 0 amide bonds. The maximum Gasteiger partial charge on any atom is 0.163 e. The molecule has 2 heteroatoms. The molecule has 84 valence electrons. The predicted molar refractivity (Wildman–Crippen MR) is 65.3 cm³/mol. The lowest BCUT2D eigenvalue weighted by Crippen LogP contribution is -2.28. The molecule has 1 aliphatic heterocycles. The van der Waals surface area contributed by atoms with Crippen molar-refractivity contribution < 1.29 is 4.79 Å². The second-order valence-corrected chi connectivity index (χ2v) is 5.17. The zero-order valence-corrected chi connectivity index (χ0v) is 10.1. The molecule has 2 nitrogen and oxygen atoms in total. The summed E-state index contributed by atoms with van der Waals surface area (Å²) in [4.78, 5) is 14.3. The quantitative estimate of drug-likeness (QED) is 0.663. The van der Waals surface area contributed by atoms with Crippen LogP contribution in [-0.4, -0.2) is 18.9 Å². The molecular formula is C14H17NO. The number of benzene rings is 1. The highest BCUT2D eigenvalue weighted by molar-refractivity contribution is 6.01. The minimum Gasteiger partial charge on any atom is -0.371 e. The lowest BCUT2D eigenvalue weighted by Gasteiger charge is -2.24. The summed E-state index contributed by atoms with van der Waals surface area (Å²) in [5, 5.41) is 0. The number of carbonyl (C=O) groups is 1. The number of likely N-dealkylation sites (N-methyl/N-ethyl adjacent to an activating group) is 1. The van der Waals surface area contributed by atoms with Crippen molar-refractivity contribution in [3.8, 4) is 0 Å². The van der Waals surface area contributed by atoms with Crippen molar-refractivity contribution in [2.45, 2.75) is 38.6 Å². The fraction of sp³-hybridized carbons (Fsp3) is 0.500. The minimum absolute atomic E-state index is 0.332. The second kappa shape index (κ2) is 3.09. The molecule has 1 heterocycles. The number of hydrogen-bond donors (Lipinski definition) is 0. The number of carbonyl (C=O) groups excluding carboxylic acids is 1. The Morgan fingerprint density at radius 3 is 2.88 bits per heavy atom. The van der Waals surface area contributed by atoms with Crippen molar-refractivity contribution in [2.75, 3.05) is 11.9 Å². The van der Waals surface area contributed by atoms with Crippen LogP contribution in [0.3, 0.4) is 0 Å². The van der Waals surface area contributed by atoms with Gasteiger partial charge in [-0.05, 0) is 43.5 Å². The van der Waals surface area contributed by atoms with Crippen molar-refractivity contribution in [2.24, 2.45) is 0 Å². The first kappa shape index (κ1) is 9.88. The second-order valence-electron chi connectivity index (χ2n) is 5.17. The molecule has 0 spiro atoms. The summed E-state index contributed by atoms with van der Waals surface area (Å²) in [6, 6.07) is 4.82. The van der Waals surface area contributed by atoms with Gasteiger partial charge in [0, 0.05) is 36.7 Å². The zero-order valence-electron chi connectivity index (χ0n) is 10.1. The standard InChI is InChI=1S/C14H17NO/c1-8-6-11-13(16)5-4-10-9(2)15(3)12(7-8)14(10)11/h6-7,9-10H,4-5H2,1-3H3. The predicted octanol–water partition coefficient (Wildman–Crippen LogP) is 2.89. The number of hydrogen-bond acceptors (Lipinski definition) is 2. The molecule has 1 aliphatic carbocycles. The number of aryl methyl sites for hydroxylation is 1. The van der Waals surface area contributed by atoms with E-state index in [4.69, 9.17) is 0 Å². The first-order valence-electron chi connectivity index (χ1n) is 6.00. The van der Waals surface area contributed by atoms with E-state index in [1.54, 1.807) is 0 Å². The van der Waals surface area contributed by atoms with E-state index in [0.29, 0.717) is 17.7 Å². The highest BCUT2D eigenvalue weighted by atomic mass is 16.1. The fourth-order valence-corrected chi connectivity index (χ4v) is 3.23. The Hall–Kier alpha value is -1.31. The van der Waals surface area contributed by atoms with E-state index in [9.17, 15) is 4.79 Å². The number of Topliss-reactive ketones (excluding diaryl/α,β-unsaturated/α-hetero) is 1. The molecule has 0 saturated carbocycles. The Kier molecular flexibility index (Phi) is 1.91. The van der Waals surface area contributed by atoms with Gasteiger partial charge < -0.3 is 4.90 Å². The van der Waals surface area contributed by atoms with Crippen LogP contribution in [0, 0.1) is 6.92 Å². The van der Waals surface area contributed by atoms with E-state index < -0.39 is 0 Å². The van der Waals surface area contributed by atoms with Gasteiger partial charge in [0.25, 0.3) is 0 Å². The van der Waals surface area contributed by atoms with Crippen LogP contribution < -0.4 is 4.90 Å². The van der Waals surface area contributed by atoms with Gasteiger partial charge in [-0.1, -0.05) is 0 Å². The monoisotopic (exact) mass is 215 g/mol. The Balaban J connectivity index is 2.29. The van der Waals surface area contributed by atoms with Crippen LogP contribution in [0.4, 0.5) is 5.69 Å². The Labute approximate surface area is 96.3 Å². The van der Waals surface area contributed by atoms with Gasteiger partial charge in [-0.25, -0.2) is 0 Å². The molecule has 0 N–H and O–H groups in total. The first-order chi connectivity index (χ1) is 7.59. The molecular weight excluding hydrogens is 198 g/mol. The lowest BCUT2D eigenvalue weighted by atomic mass is 9.80. The van der Waals surface area contributed by atoms with Gasteiger partial charge in [0.2, 0.25) is 0 Å². The fourth-order valence-electron chi connectivity index (χ4n) is 3.23. The topological polar surface area (TPSA) is 20.3 Å². The molecule has 2 aliphatic rings. The summed E-state index contributed by atoms with van der Waals surface area (Å²) in [6.45, 7) is 4.34. The minimum atomic E-state index is 0.332. The number of ketones is 1. The summed E-state index contributed by atoms with van der Waals surface area (Å²) in [7, 11) is 2.14. The maximum atomic E-state index is 12.0. The zero-order chi connectivity index (χ0) is 11.4. The van der Waals surface area contributed by atoms with E-state index in [1.165, 1.54) is 16.8 Å². The summed E-state index contributed by atoms with van der Waals surface area (Å²) >= 11 is 0. The molecule has 0 bridgehead atoms. The molecule has 1 aromatic rings. The summed E-state index contributed by atoms with van der Waals surface area (Å²) in [5.41, 5.74) is 4.78. The molecule has 16 heavy (non-hydrogen) atoms. The number of rotatable bonds is 0. The molecule has 0 saturated heterocycles. The highest BCUT2D eigenvalue weighted by Crippen LogP contribution is 2.47. The molecule has 1 aromatic carbocycles. The van der Waals surface area contributed by atoms with Crippen LogP contribution in [0.5, 0.6) is 0 Å². The normalized spacial score (nSPS) is 27.2. The molecule has 3 rings (SSSR count). The van der Waals surface area contributed by atoms with Gasteiger partial charge in [0.1, 0.15) is 0 Å². The van der Waals surface area contributed by atoms with Gasteiger partial charge in [-0.15, -0.1) is 0 Å². The van der Waals surface area contributed by atoms with Gasteiger partial charge in [0.05, 0.1) is 0 Å². The van der Waals surface area contributed by atoms with Crippen LogP contribution in [0.15, 0.2) is 12.1 Å². The van der Waals surface area contributed by atoms with Crippen molar-refractivity contribution in [3.05, 3.63) is 28.8 Å². The van der Waals surface area contributed by atoms with Crippen LogP contribution >= 0.6 is 0 Å². The Morgan fingerprint density at radius 2 is 2.12 bits per heavy atom. The van der Waals surface area contributed by atoms with Gasteiger partial charge >= 0.3 is 0 Å². The summed E-state index contributed by atoms with van der Waals surface area (Å²) in [6.07, 6.45) is 1.74.